The van der Waals surface area contributed by atoms with E-state index in [0.29, 0.717) is 6.04 Å². The molecular weight excluding hydrogens is 254 g/mol. The van der Waals surface area contributed by atoms with Crippen LogP contribution < -0.4 is 5.32 Å². The summed E-state index contributed by atoms with van der Waals surface area (Å²) >= 11 is 0. The number of likely N-dealkylation sites (N-methyl/N-ethyl adjacent to an activating group) is 1. The Morgan fingerprint density at radius 1 is 0.952 bits per heavy atom. The molecule has 21 heavy (non-hydrogen) atoms. The van der Waals surface area contributed by atoms with Gasteiger partial charge in [-0.25, -0.2) is 0 Å². The quantitative estimate of drug-likeness (QED) is 0.876. The van der Waals surface area contributed by atoms with Crippen molar-refractivity contribution in [1.29, 1.82) is 0 Å². The number of hydrogen-bond acceptors (Lipinski definition) is 1. The number of nitrogens with one attached hydrogen (secondary N) is 1. The molecule has 0 saturated carbocycles. The van der Waals surface area contributed by atoms with E-state index in [1.54, 1.807) is 11.1 Å². The number of hydrogen-bond donors (Lipinski definition) is 1. The molecule has 1 heteroatoms. The molecule has 0 fully saturated rings. The highest BCUT2D eigenvalue weighted by Gasteiger charge is 2.14. The second kappa shape index (κ2) is 6.44. The lowest BCUT2D eigenvalue weighted by molar-refractivity contribution is 0.588. The van der Waals surface area contributed by atoms with Gasteiger partial charge in [0.1, 0.15) is 0 Å². The summed E-state index contributed by atoms with van der Waals surface area (Å²) in [5.74, 6) is 0. The van der Waals surface area contributed by atoms with Gasteiger partial charge < -0.3 is 5.32 Å². The van der Waals surface area contributed by atoms with Crippen LogP contribution in [0.1, 0.15) is 46.7 Å². The fourth-order valence-electron chi connectivity index (χ4n) is 3.32. The average molecular weight is 279 g/mol. The maximum absolute atomic E-state index is 3.49. The van der Waals surface area contributed by atoms with Gasteiger partial charge >= 0.3 is 0 Å². The SMILES string of the molecule is CNC(Cc1ccc(C)cc1)c1ccc2c(c1)CCCC2. The summed E-state index contributed by atoms with van der Waals surface area (Å²) in [4.78, 5) is 0. The first-order valence-electron chi connectivity index (χ1n) is 8.11. The number of rotatable bonds is 4. The summed E-state index contributed by atoms with van der Waals surface area (Å²) in [5.41, 5.74) is 7.29. The predicted octanol–water partition coefficient (Wildman–Crippen LogP) is 4.38. The minimum atomic E-state index is 0.403. The lowest BCUT2D eigenvalue weighted by atomic mass is 9.88. The van der Waals surface area contributed by atoms with Gasteiger partial charge in [0.15, 0.2) is 0 Å². The van der Waals surface area contributed by atoms with E-state index < -0.39 is 0 Å². The molecule has 0 spiro atoms. The minimum absolute atomic E-state index is 0.403. The summed E-state index contributed by atoms with van der Waals surface area (Å²) in [6.07, 6.45) is 6.27. The fraction of sp³-hybridized carbons (Fsp3) is 0.400. The topological polar surface area (TPSA) is 12.0 Å². The van der Waals surface area contributed by atoms with Crippen molar-refractivity contribution in [2.24, 2.45) is 0 Å². The van der Waals surface area contributed by atoms with Crippen LogP contribution in [-0.4, -0.2) is 7.05 Å². The zero-order valence-electron chi connectivity index (χ0n) is 13.2. The van der Waals surface area contributed by atoms with E-state index in [4.69, 9.17) is 0 Å². The molecule has 0 saturated heterocycles. The van der Waals surface area contributed by atoms with Crippen LogP contribution in [0.4, 0.5) is 0 Å². The molecule has 1 aliphatic rings. The molecule has 1 atom stereocenters. The van der Waals surface area contributed by atoms with Crippen molar-refractivity contribution in [3.8, 4) is 0 Å². The normalized spacial score (nSPS) is 15.5. The summed E-state index contributed by atoms with van der Waals surface area (Å²) in [6.45, 7) is 2.14. The molecule has 1 nitrogen and oxygen atoms in total. The summed E-state index contributed by atoms with van der Waals surface area (Å²) in [7, 11) is 2.07. The Kier molecular flexibility index (Phi) is 4.40. The van der Waals surface area contributed by atoms with Crippen molar-refractivity contribution < 1.29 is 0 Å². The highest BCUT2D eigenvalue weighted by Crippen LogP contribution is 2.26. The van der Waals surface area contributed by atoms with Crippen LogP contribution in [0.5, 0.6) is 0 Å². The van der Waals surface area contributed by atoms with Crippen LogP contribution in [0.2, 0.25) is 0 Å². The van der Waals surface area contributed by atoms with Gasteiger partial charge in [-0.2, -0.15) is 0 Å². The molecule has 2 aromatic rings. The van der Waals surface area contributed by atoms with Crippen LogP contribution in [-0.2, 0) is 19.3 Å². The highest BCUT2D eigenvalue weighted by molar-refractivity contribution is 5.36. The van der Waals surface area contributed by atoms with Crippen molar-refractivity contribution >= 4 is 0 Å². The first-order chi connectivity index (χ1) is 10.3. The Balaban J connectivity index is 1.81. The summed E-state index contributed by atoms with van der Waals surface area (Å²) in [5, 5.41) is 3.49. The Morgan fingerprint density at radius 2 is 1.67 bits per heavy atom. The molecule has 0 bridgehead atoms. The van der Waals surface area contributed by atoms with Gasteiger partial charge in [0.25, 0.3) is 0 Å². The van der Waals surface area contributed by atoms with Gasteiger partial charge in [0.05, 0.1) is 0 Å². The van der Waals surface area contributed by atoms with Gasteiger partial charge in [-0.15, -0.1) is 0 Å². The second-order valence-electron chi connectivity index (χ2n) is 6.27. The first-order valence-corrected chi connectivity index (χ1v) is 8.11. The summed E-state index contributed by atoms with van der Waals surface area (Å²) in [6, 6.07) is 16.4. The van der Waals surface area contributed by atoms with Gasteiger partial charge in [-0.3, -0.25) is 0 Å². The van der Waals surface area contributed by atoms with Crippen LogP contribution >= 0.6 is 0 Å². The van der Waals surface area contributed by atoms with Crippen molar-refractivity contribution in [3.63, 3.8) is 0 Å². The van der Waals surface area contributed by atoms with Gasteiger partial charge in [0, 0.05) is 6.04 Å². The molecule has 1 aliphatic carbocycles. The van der Waals surface area contributed by atoms with E-state index in [-0.39, 0.29) is 0 Å². The Hall–Kier alpha value is -1.60. The predicted molar refractivity (Wildman–Crippen MR) is 89.8 cm³/mol. The first kappa shape index (κ1) is 14.3. The standard InChI is InChI=1S/C20H25N/c1-15-7-9-16(10-8-15)13-20(21-2)19-12-11-17-5-3-4-6-18(17)14-19/h7-12,14,20-21H,3-6,13H2,1-2H3. The largest absolute Gasteiger partial charge is 0.313 e. The average Bonchev–Trinajstić information content (AvgIpc) is 2.54. The third-order valence-electron chi connectivity index (χ3n) is 4.68. The smallest absolute Gasteiger partial charge is 0.0358 e. The molecule has 0 radical (unpaired) electrons. The number of benzene rings is 2. The van der Waals surface area contributed by atoms with E-state index in [1.807, 2.05) is 0 Å². The van der Waals surface area contributed by atoms with Crippen molar-refractivity contribution in [2.75, 3.05) is 7.05 Å². The lowest BCUT2D eigenvalue weighted by Gasteiger charge is -2.21. The van der Waals surface area contributed by atoms with E-state index in [0.717, 1.165) is 6.42 Å². The molecule has 0 heterocycles. The zero-order chi connectivity index (χ0) is 14.7. The molecule has 0 amide bonds. The molecule has 110 valence electrons. The van der Waals surface area contributed by atoms with Crippen molar-refractivity contribution in [1.82, 2.24) is 5.32 Å². The minimum Gasteiger partial charge on any atom is -0.313 e. The van der Waals surface area contributed by atoms with E-state index in [1.165, 1.54) is 42.4 Å². The number of fused-ring (bicyclic) bond motifs is 1. The van der Waals surface area contributed by atoms with E-state index in [2.05, 4.69) is 61.8 Å². The second-order valence-corrected chi connectivity index (χ2v) is 6.27. The molecule has 0 aliphatic heterocycles. The van der Waals surface area contributed by atoms with Crippen LogP contribution in [0.15, 0.2) is 42.5 Å². The molecule has 1 N–H and O–H groups in total. The molecule has 3 rings (SSSR count). The third kappa shape index (κ3) is 3.36. The molecular formula is C20H25N. The van der Waals surface area contributed by atoms with Crippen LogP contribution in [0, 0.1) is 6.92 Å². The van der Waals surface area contributed by atoms with Gasteiger partial charge in [0.2, 0.25) is 0 Å². The van der Waals surface area contributed by atoms with E-state index >= 15 is 0 Å². The zero-order valence-corrected chi connectivity index (χ0v) is 13.2. The molecule has 1 unspecified atom stereocenters. The Morgan fingerprint density at radius 3 is 2.38 bits per heavy atom. The Labute approximate surface area is 128 Å². The molecule has 0 aromatic heterocycles. The Bertz CT molecular complexity index is 598. The maximum atomic E-state index is 3.49. The van der Waals surface area contributed by atoms with Crippen LogP contribution in [0.3, 0.4) is 0 Å². The number of aryl methyl sites for hydroxylation is 3. The monoisotopic (exact) mass is 279 g/mol. The molecule has 2 aromatic carbocycles. The van der Waals surface area contributed by atoms with Crippen molar-refractivity contribution in [3.05, 3.63) is 70.3 Å². The fourth-order valence-corrected chi connectivity index (χ4v) is 3.32. The maximum Gasteiger partial charge on any atom is 0.0358 e. The third-order valence-corrected chi connectivity index (χ3v) is 4.68. The highest BCUT2D eigenvalue weighted by atomic mass is 14.9. The van der Waals surface area contributed by atoms with Crippen molar-refractivity contribution in [2.45, 2.75) is 45.1 Å². The van der Waals surface area contributed by atoms with E-state index in [9.17, 15) is 0 Å². The summed E-state index contributed by atoms with van der Waals surface area (Å²) < 4.78 is 0. The lowest BCUT2D eigenvalue weighted by Crippen LogP contribution is -2.19. The van der Waals surface area contributed by atoms with Crippen LogP contribution in [0.25, 0.3) is 0 Å². The van der Waals surface area contributed by atoms with Gasteiger partial charge in [-0.1, -0.05) is 48.0 Å². The van der Waals surface area contributed by atoms with Gasteiger partial charge in [-0.05, 0) is 68.3 Å².